The SMILES string of the molecule is CC(C)c1c(Cl)c(=O)n(-c2ccc(F)cc2)n1C.CC/C=C(\CCC)c1cc(Cl)ccc1C. The molecule has 0 aliphatic carbocycles. The van der Waals surface area contributed by atoms with Crippen LogP contribution in [0.4, 0.5) is 4.39 Å². The lowest BCUT2D eigenvalue weighted by molar-refractivity contribution is 0.591. The molecule has 0 spiro atoms. The molecule has 0 N–H and O–H groups in total. The van der Waals surface area contributed by atoms with Crippen LogP contribution in [0.15, 0.2) is 53.3 Å². The Morgan fingerprint density at radius 3 is 2.24 bits per heavy atom. The molecule has 1 aromatic heterocycles. The zero-order chi connectivity index (χ0) is 24.7. The van der Waals surface area contributed by atoms with Gasteiger partial charge in [-0.25, -0.2) is 9.07 Å². The first kappa shape index (κ1) is 26.9. The van der Waals surface area contributed by atoms with Crippen LogP contribution in [0.2, 0.25) is 10.0 Å². The topological polar surface area (TPSA) is 26.9 Å². The van der Waals surface area contributed by atoms with Crippen molar-refractivity contribution in [3.8, 4) is 5.69 Å². The molecule has 0 amide bonds. The van der Waals surface area contributed by atoms with E-state index in [1.165, 1.54) is 39.9 Å². The van der Waals surface area contributed by atoms with Gasteiger partial charge >= 0.3 is 0 Å². The van der Waals surface area contributed by atoms with Crippen molar-refractivity contribution >= 4 is 28.8 Å². The minimum Gasteiger partial charge on any atom is -0.283 e. The van der Waals surface area contributed by atoms with E-state index in [-0.39, 0.29) is 22.3 Å². The maximum Gasteiger partial charge on any atom is 0.290 e. The maximum absolute atomic E-state index is 12.9. The van der Waals surface area contributed by atoms with Gasteiger partial charge in [0, 0.05) is 12.1 Å². The monoisotopic (exact) mass is 490 g/mol. The summed E-state index contributed by atoms with van der Waals surface area (Å²) >= 11 is 12.1. The minimum absolute atomic E-state index is 0.136. The van der Waals surface area contributed by atoms with Crippen LogP contribution in [0.25, 0.3) is 11.3 Å². The Hall–Kier alpha value is -2.30. The Morgan fingerprint density at radius 2 is 1.73 bits per heavy atom. The van der Waals surface area contributed by atoms with Gasteiger partial charge in [0.15, 0.2) is 0 Å². The average Bonchev–Trinajstić information content (AvgIpc) is 2.99. The average molecular weight is 491 g/mol. The number of benzene rings is 2. The van der Waals surface area contributed by atoms with E-state index in [1.54, 1.807) is 23.9 Å². The van der Waals surface area contributed by atoms with Crippen molar-refractivity contribution in [1.29, 1.82) is 0 Å². The van der Waals surface area contributed by atoms with Crippen LogP contribution in [0, 0.1) is 12.7 Å². The van der Waals surface area contributed by atoms with E-state index in [4.69, 9.17) is 23.2 Å². The van der Waals surface area contributed by atoms with Gasteiger partial charge in [-0.15, -0.1) is 0 Å². The van der Waals surface area contributed by atoms with Crippen LogP contribution in [-0.2, 0) is 7.05 Å². The molecule has 0 bridgehead atoms. The normalized spacial score (nSPS) is 11.5. The van der Waals surface area contributed by atoms with Gasteiger partial charge in [-0.2, -0.15) is 0 Å². The zero-order valence-electron chi connectivity index (χ0n) is 20.3. The molecule has 0 unspecified atom stereocenters. The van der Waals surface area contributed by atoms with Gasteiger partial charge in [0.05, 0.1) is 11.4 Å². The smallest absolute Gasteiger partial charge is 0.283 e. The number of nitrogens with zero attached hydrogens (tertiary/aromatic N) is 2. The Labute approximate surface area is 206 Å². The third-order valence-corrected chi connectivity index (χ3v) is 5.98. The summed E-state index contributed by atoms with van der Waals surface area (Å²) in [5.41, 5.74) is 5.14. The number of hydrogen-bond acceptors (Lipinski definition) is 1. The van der Waals surface area contributed by atoms with Gasteiger partial charge in [-0.3, -0.25) is 9.48 Å². The Balaban J connectivity index is 0.000000238. The fraction of sp³-hybridized carbons (Fsp3) is 0.370. The molecule has 3 rings (SSSR count). The third-order valence-electron chi connectivity index (χ3n) is 5.39. The van der Waals surface area contributed by atoms with Crippen molar-refractivity contribution in [3.05, 3.63) is 91.6 Å². The molecule has 33 heavy (non-hydrogen) atoms. The van der Waals surface area contributed by atoms with Crippen LogP contribution in [-0.4, -0.2) is 9.36 Å². The molecule has 0 fully saturated rings. The highest BCUT2D eigenvalue weighted by Gasteiger charge is 2.19. The van der Waals surface area contributed by atoms with E-state index >= 15 is 0 Å². The molecule has 3 aromatic rings. The molecule has 0 aliphatic rings. The van der Waals surface area contributed by atoms with Crippen molar-refractivity contribution in [2.75, 3.05) is 0 Å². The van der Waals surface area contributed by atoms with E-state index < -0.39 is 0 Å². The summed E-state index contributed by atoms with van der Waals surface area (Å²) in [5.74, 6) is -0.201. The Kier molecular flexibility index (Phi) is 10.00. The molecule has 2 aromatic carbocycles. The molecule has 1 heterocycles. The van der Waals surface area contributed by atoms with Gasteiger partial charge in [0.2, 0.25) is 0 Å². The Bertz CT molecular complexity index is 1160. The summed E-state index contributed by atoms with van der Waals surface area (Å²) in [6.07, 6.45) is 5.70. The lowest BCUT2D eigenvalue weighted by Crippen LogP contribution is -2.19. The maximum atomic E-state index is 12.9. The number of aryl methyl sites for hydroxylation is 1. The first-order valence-corrected chi connectivity index (χ1v) is 12.1. The molecule has 178 valence electrons. The van der Waals surface area contributed by atoms with Gasteiger partial charge in [-0.1, -0.05) is 69.5 Å². The largest absolute Gasteiger partial charge is 0.290 e. The molecule has 0 aliphatic heterocycles. The number of aromatic nitrogens is 2. The van der Waals surface area contributed by atoms with Crippen molar-refractivity contribution in [3.63, 3.8) is 0 Å². The van der Waals surface area contributed by atoms with Crippen LogP contribution in [0.3, 0.4) is 0 Å². The second kappa shape index (κ2) is 12.2. The van der Waals surface area contributed by atoms with Crippen molar-refractivity contribution in [2.45, 2.75) is 59.8 Å². The lowest BCUT2D eigenvalue weighted by atomic mass is 9.96. The summed E-state index contributed by atoms with van der Waals surface area (Å²) in [6.45, 7) is 10.5. The number of halogens is 3. The predicted molar refractivity (Wildman–Crippen MR) is 139 cm³/mol. The van der Waals surface area contributed by atoms with Crippen molar-refractivity contribution in [1.82, 2.24) is 9.36 Å². The Morgan fingerprint density at radius 1 is 1.09 bits per heavy atom. The number of rotatable bonds is 6. The highest BCUT2D eigenvalue weighted by Crippen LogP contribution is 2.26. The van der Waals surface area contributed by atoms with Gasteiger partial charge in [0.1, 0.15) is 10.8 Å². The van der Waals surface area contributed by atoms with E-state index in [0.717, 1.165) is 23.6 Å². The first-order valence-electron chi connectivity index (χ1n) is 11.3. The predicted octanol–water partition coefficient (Wildman–Crippen LogP) is 8.33. The summed E-state index contributed by atoms with van der Waals surface area (Å²) in [7, 11) is 1.77. The fourth-order valence-corrected chi connectivity index (χ4v) is 4.48. The van der Waals surface area contributed by atoms with Crippen LogP contribution >= 0.6 is 23.2 Å². The zero-order valence-corrected chi connectivity index (χ0v) is 21.8. The molecule has 0 saturated carbocycles. The van der Waals surface area contributed by atoms with E-state index in [1.807, 2.05) is 19.9 Å². The number of hydrogen-bond donors (Lipinski definition) is 0. The van der Waals surface area contributed by atoms with E-state index in [9.17, 15) is 9.18 Å². The minimum atomic E-state index is -0.337. The van der Waals surface area contributed by atoms with Crippen LogP contribution < -0.4 is 5.56 Å². The first-order chi connectivity index (χ1) is 15.6. The quantitative estimate of drug-likeness (QED) is 0.341. The standard InChI is InChI=1S/C14H19Cl.C13H14ClFN2O/c1-4-6-12(7-5-2)14-10-13(15)9-8-11(14)3;1-8(2)12-11(14)13(18)17(16(12)3)10-6-4-9(15)5-7-10/h6,8-10H,4-5,7H2,1-3H3;4-8H,1-3H3/b12-6+;. The van der Waals surface area contributed by atoms with Crippen LogP contribution in [0.1, 0.15) is 69.7 Å². The van der Waals surface area contributed by atoms with Gasteiger partial charge in [-0.05, 0) is 78.8 Å². The van der Waals surface area contributed by atoms with E-state index in [0.29, 0.717) is 5.69 Å². The molecule has 6 heteroatoms. The van der Waals surface area contributed by atoms with Gasteiger partial charge < -0.3 is 0 Å². The van der Waals surface area contributed by atoms with Crippen LogP contribution in [0.5, 0.6) is 0 Å². The molecule has 0 saturated heterocycles. The highest BCUT2D eigenvalue weighted by molar-refractivity contribution is 6.31. The number of allylic oxidation sites excluding steroid dienone is 2. The second-order valence-corrected chi connectivity index (χ2v) is 9.13. The third kappa shape index (κ3) is 6.61. The van der Waals surface area contributed by atoms with Crippen molar-refractivity contribution < 1.29 is 4.39 Å². The molecular weight excluding hydrogens is 458 g/mol. The second-order valence-electron chi connectivity index (χ2n) is 8.32. The summed E-state index contributed by atoms with van der Waals surface area (Å²) in [6, 6.07) is 11.9. The molecular formula is C27H33Cl2FN2O. The summed E-state index contributed by atoms with van der Waals surface area (Å²) in [5, 5.41) is 1.05. The fourth-order valence-electron chi connectivity index (χ4n) is 3.89. The molecule has 0 radical (unpaired) electrons. The summed E-state index contributed by atoms with van der Waals surface area (Å²) in [4.78, 5) is 12.1. The summed E-state index contributed by atoms with van der Waals surface area (Å²) < 4.78 is 16.0. The molecule has 0 atom stereocenters. The highest BCUT2D eigenvalue weighted by atomic mass is 35.5. The van der Waals surface area contributed by atoms with Gasteiger partial charge in [0.25, 0.3) is 5.56 Å². The van der Waals surface area contributed by atoms with E-state index in [2.05, 4.69) is 39.0 Å². The van der Waals surface area contributed by atoms with Crippen molar-refractivity contribution in [2.24, 2.45) is 7.05 Å². The lowest BCUT2D eigenvalue weighted by Gasteiger charge is -2.11. The molecule has 3 nitrogen and oxygen atoms in total.